The lowest BCUT2D eigenvalue weighted by Crippen LogP contribution is -1.88. The number of aliphatic carboxylic acids is 1. The lowest BCUT2D eigenvalue weighted by Gasteiger charge is -1.94. The third kappa shape index (κ3) is 2.88. The molecule has 1 aromatic rings. The van der Waals surface area contributed by atoms with Gasteiger partial charge in [-0.05, 0) is 34.1 Å². The molecular formula is C9H4BrFO2. The summed E-state index contributed by atoms with van der Waals surface area (Å²) in [7, 11) is 0. The van der Waals surface area contributed by atoms with Gasteiger partial charge in [-0.25, -0.2) is 9.18 Å². The minimum absolute atomic E-state index is 0.396. The highest BCUT2D eigenvalue weighted by molar-refractivity contribution is 9.10. The highest BCUT2D eigenvalue weighted by atomic mass is 79.9. The van der Waals surface area contributed by atoms with Gasteiger partial charge in [0.1, 0.15) is 5.82 Å². The molecule has 0 saturated carbocycles. The molecule has 0 fully saturated rings. The molecule has 4 heteroatoms. The van der Waals surface area contributed by atoms with Crippen molar-refractivity contribution in [1.82, 2.24) is 0 Å². The van der Waals surface area contributed by atoms with E-state index in [0.29, 0.717) is 10.0 Å². The van der Waals surface area contributed by atoms with E-state index >= 15 is 0 Å². The van der Waals surface area contributed by atoms with Gasteiger partial charge in [-0.15, -0.1) is 0 Å². The monoisotopic (exact) mass is 242 g/mol. The van der Waals surface area contributed by atoms with E-state index in [1.807, 2.05) is 5.92 Å². The first-order valence-corrected chi connectivity index (χ1v) is 4.09. The molecule has 0 atom stereocenters. The first-order chi connectivity index (χ1) is 6.09. The Labute approximate surface area is 82.5 Å². The quantitative estimate of drug-likeness (QED) is 0.708. The van der Waals surface area contributed by atoms with E-state index in [1.165, 1.54) is 18.2 Å². The highest BCUT2D eigenvalue weighted by Gasteiger charge is 1.97. The number of carboxylic acid groups (broad SMARTS) is 1. The molecule has 0 spiro atoms. The Balaban J connectivity index is 3.05. The Morgan fingerprint density at radius 1 is 1.54 bits per heavy atom. The molecule has 0 bridgehead atoms. The summed E-state index contributed by atoms with van der Waals surface area (Å²) in [4.78, 5) is 10.1. The van der Waals surface area contributed by atoms with E-state index in [9.17, 15) is 9.18 Å². The topological polar surface area (TPSA) is 37.3 Å². The van der Waals surface area contributed by atoms with Crippen LogP contribution in [-0.4, -0.2) is 11.1 Å². The zero-order chi connectivity index (χ0) is 9.84. The molecule has 0 amide bonds. The van der Waals surface area contributed by atoms with Crippen molar-refractivity contribution in [2.45, 2.75) is 0 Å². The van der Waals surface area contributed by atoms with Crippen LogP contribution in [0.5, 0.6) is 0 Å². The summed E-state index contributed by atoms with van der Waals surface area (Å²) in [6.45, 7) is 0. The zero-order valence-electron chi connectivity index (χ0n) is 6.34. The minimum Gasteiger partial charge on any atom is -0.472 e. The third-order valence-corrected chi connectivity index (χ3v) is 1.89. The number of halogens is 2. The second-order valence-corrected chi connectivity index (χ2v) is 3.03. The molecule has 0 aliphatic heterocycles. The Morgan fingerprint density at radius 2 is 2.23 bits per heavy atom. The van der Waals surface area contributed by atoms with Crippen molar-refractivity contribution >= 4 is 21.9 Å². The van der Waals surface area contributed by atoms with E-state index in [2.05, 4.69) is 21.9 Å². The van der Waals surface area contributed by atoms with Crippen LogP contribution >= 0.6 is 15.9 Å². The number of benzene rings is 1. The van der Waals surface area contributed by atoms with Crippen LogP contribution in [0.15, 0.2) is 22.7 Å². The Morgan fingerprint density at radius 3 is 2.77 bits per heavy atom. The predicted molar refractivity (Wildman–Crippen MR) is 48.6 cm³/mol. The number of rotatable bonds is 0. The van der Waals surface area contributed by atoms with Gasteiger partial charge in [-0.2, -0.15) is 0 Å². The maximum atomic E-state index is 12.6. The van der Waals surface area contributed by atoms with E-state index in [4.69, 9.17) is 5.11 Å². The number of carbonyl (C=O) groups is 1. The molecule has 0 unspecified atom stereocenters. The van der Waals surface area contributed by atoms with Crippen molar-refractivity contribution in [3.05, 3.63) is 34.1 Å². The molecule has 1 aromatic carbocycles. The fraction of sp³-hybridized carbons (Fsp3) is 0. The van der Waals surface area contributed by atoms with Gasteiger partial charge in [0.15, 0.2) is 0 Å². The maximum Gasteiger partial charge on any atom is 0.382 e. The third-order valence-electron chi connectivity index (χ3n) is 1.24. The molecule has 1 rings (SSSR count). The van der Waals surface area contributed by atoms with E-state index in [-0.39, 0.29) is 0 Å². The van der Waals surface area contributed by atoms with Gasteiger partial charge in [-0.1, -0.05) is 5.92 Å². The van der Waals surface area contributed by atoms with Crippen LogP contribution in [0.3, 0.4) is 0 Å². The van der Waals surface area contributed by atoms with Crippen LogP contribution in [0.1, 0.15) is 5.56 Å². The zero-order valence-corrected chi connectivity index (χ0v) is 7.93. The summed E-state index contributed by atoms with van der Waals surface area (Å²) in [5.41, 5.74) is 0.448. The van der Waals surface area contributed by atoms with Crippen molar-refractivity contribution < 1.29 is 14.3 Å². The predicted octanol–water partition coefficient (Wildman–Crippen LogP) is 2.02. The minimum atomic E-state index is -1.21. The summed E-state index contributed by atoms with van der Waals surface area (Å²) >= 11 is 3.06. The molecule has 1 N–H and O–H groups in total. The van der Waals surface area contributed by atoms with Crippen LogP contribution in [0.2, 0.25) is 0 Å². The molecule has 0 radical (unpaired) electrons. The average molecular weight is 243 g/mol. The smallest absolute Gasteiger partial charge is 0.382 e. The number of hydrogen-bond donors (Lipinski definition) is 1. The molecular weight excluding hydrogens is 239 g/mol. The molecule has 0 saturated heterocycles. The fourth-order valence-corrected chi connectivity index (χ4v) is 1.16. The normalized spacial score (nSPS) is 8.77. The number of hydrogen-bond acceptors (Lipinski definition) is 1. The van der Waals surface area contributed by atoms with Crippen LogP contribution in [0, 0.1) is 17.7 Å². The van der Waals surface area contributed by atoms with Gasteiger partial charge in [0.05, 0.1) is 0 Å². The van der Waals surface area contributed by atoms with Crippen LogP contribution < -0.4 is 0 Å². The average Bonchev–Trinajstić information content (AvgIpc) is 2.02. The van der Waals surface area contributed by atoms with E-state index in [0.717, 1.165) is 0 Å². The van der Waals surface area contributed by atoms with Crippen LogP contribution in [-0.2, 0) is 4.79 Å². The van der Waals surface area contributed by atoms with Crippen molar-refractivity contribution in [2.24, 2.45) is 0 Å². The maximum absolute atomic E-state index is 12.6. The Bertz CT molecular complexity index is 404. The molecule has 0 aliphatic carbocycles. The summed E-state index contributed by atoms with van der Waals surface area (Å²) in [5.74, 6) is 2.71. The standard InChI is InChI=1S/C9H4BrFO2/c10-8-5-7(11)3-1-6(8)2-4-9(12)13/h1,3,5H,(H,12,13). The van der Waals surface area contributed by atoms with Gasteiger partial charge in [0, 0.05) is 16.0 Å². The lowest BCUT2D eigenvalue weighted by molar-refractivity contribution is -0.130. The highest BCUT2D eigenvalue weighted by Crippen LogP contribution is 2.16. The Kier molecular flexibility index (Phi) is 3.04. The van der Waals surface area contributed by atoms with Crippen molar-refractivity contribution in [2.75, 3.05) is 0 Å². The van der Waals surface area contributed by atoms with Gasteiger partial charge >= 0.3 is 5.97 Å². The van der Waals surface area contributed by atoms with Crippen molar-refractivity contribution in [1.29, 1.82) is 0 Å². The SMILES string of the molecule is O=C(O)C#Cc1ccc(F)cc1Br. The second-order valence-electron chi connectivity index (χ2n) is 2.18. The number of carboxylic acids is 1. The van der Waals surface area contributed by atoms with Crippen molar-refractivity contribution in [3.8, 4) is 11.8 Å². The molecule has 0 aromatic heterocycles. The van der Waals surface area contributed by atoms with Crippen LogP contribution in [0.4, 0.5) is 4.39 Å². The largest absolute Gasteiger partial charge is 0.472 e. The van der Waals surface area contributed by atoms with E-state index in [1.54, 1.807) is 0 Å². The fourth-order valence-electron chi connectivity index (χ4n) is 0.712. The molecule has 66 valence electrons. The van der Waals surface area contributed by atoms with Gasteiger partial charge in [-0.3, -0.25) is 0 Å². The molecule has 2 nitrogen and oxygen atoms in total. The van der Waals surface area contributed by atoms with E-state index < -0.39 is 11.8 Å². The summed E-state index contributed by atoms with van der Waals surface area (Å²) in [6, 6.07) is 3.86. The first kappa shape index (κ1) is 9.75. The van der Waals surface area contributed by atoms with Gasteiger partial charge < -0.3 is 5.11 Å². The molecule has 0 aliphatic rings. The Hall–Kier alpha value is -1.34. The lowest BCUT2D eigenvalue weighted by atomic mass is 10.2. The van der Waals surface area contributed by atoms with Gasteiger partial charge in [0.25, 0.3) is 0 Å². The molecule has 0 heterocycles. The summed E-state index contributed by atoms with van der Waals surface area (Å²) in [5, 5.41) is 8.26. The molecule has 13 heavy (non-hydrogen) atoms. The summed E-state index contributed by atoms with van der Waals surface area (Å²) in [6.07, 6.45) is 0. The van der Waals surface area contributed by atoms with Gasteiger partial charge in [0.2, 0.25) is 0 Å². The van der Waals surface area contributed by atoms with Crippen molar-refractivity contribution in [3.63, 3.8) is 0 Å². The second kappa shape index (κ2) is 4.06. The first-order valence-electron chi connectivity index (χ1n) is 3.29. The van der Waals surface area contributed by atoms with Crippen LogP contribution in [0.25, 0.3) is 0 Å². The summed E-state index contributed by atoms with van der Waals surface area (Å²) < 4.78 is 13.0.